The van der Waals surface area contributed by atoms with Crippen LogP contribution in [-0.4, -0.2) is 5.54 Å². The number of nitrogens with two attached hydrogens (primary N) is 1. The van der Waals surface area contributed by atoms with Crippen molar-refractivity contribution in [1.82, 2.24) is 0 Å². The second-order valence-electron chi connectivity index (χ2n) is 12.1. The summed E-state index contributed by atoms with van der Waals surface area (Å²) in [4.78, 5) is 0. The van der Waals surface area contributed by atoms with Crippen LogP contribution in [0, 0.1) is 0 Å². The van der Waals surface area contributed by atoms with Gasteiger partial charge in [0.15, 0.2) is 0 Å². The van der Waals surface area contributed by atoms with Crippen molar-refractivity contribution in [3.8, 4) is 0 Å². The molecule has 1 nitrogen and oxygen atoms in total. The molecule has 0 aromatic heterocycles. The molecule has 0 bridgehead atoms. The largest absolute Gasteiger partial charge is 0.325 e. The first kappa shape index (κ1) is 35.0. The van der Waals surface area contributed by atoms with Crippen molar-refractivity contribution in [3.63, 3.8) is 0 Å². The molecule has 0 aliphatic rings. The van der Waals surface area contributed by atoms with Gasteiger partial charge in [-0.2, -0.15) is 0 Å². The van der Waals surface area contributed by atoms with Crippen LogP contribution in [0.15, 0.2) is 0 Å². The van der Waals surface area contributed by atoms with E-state index in [1.165, 1.54) is 193 Å². The fourth-order valence-corrected chi connectivity index (χ4v) is 5.74. The molecule has 212 valence electrons. The minimum Gasteiger partial charge on any atom is -0.325 e. The maximum Gasteiger partial charge on any atom is 0.0154 e. The van der Waals surface area contributed by atoms with Crippen LogP contribution in [0.25, 0.3) is 0 Å². The van der Waals surface area contributed by atoms with E-state index in [2.05, 4.69) is 20.8 Å². The lowest BCUT2D eigenvalue weighted by Crippen LogP contribution is -2.39. The summed E-state index contributed by atoms with van der Waals surface area (Å²) < 4.78 is 0. The number of rotatable bonds is 30. The third-order valence-corrected chi connectivity index (χ3v) is 8.33. The molecule has 0 aromatic rings. The third kappa shape index (κ3) is 26.8. The molecule has 0 aliphatic heterocycles. The average molecular weight is 494 g/mol. The second kappa shape index (κ2) is 28.5. The summed E-state index contributed by atoms with van der Waals surface area (Å²) in [6.45, 7) is 6.92. The van der Waals surface area contributed by atoms with Crippen LogP contribution in [-0.2, 0) is 0 Å². The number of unbranched alkanes of at least 4 members (excludes halogenated alkanes) is 24. The van der Waals surface area contributed by atoms with Crippen LogP contribution in [0.5, 0.6) is 0 Å². The van der Waals surface area contributed by atoms with Gasteiger partial charge in [-0.3, -0.25) is 0 Å². The second-order valence-corrected chi connectivity index (χ2v) is 12.1. The fourth-order valence-electron chi connectivity index (χ4n) is 5.74. The third-order valence-electron chi connectivity index (χ3n) is 8.33. The van der Waals surface area contributed by atoms with Gasteiger partial charge in [0.2, 0.25) is 0 Å². The Balaban J connectivity index is 4.02. The van der Waals surface area contributed by atoms with Crippen molar-refractivity contribution in [2.45, 2.75) is 219 Å². The highest BCUT2D eigenvalue weighted by atomic mass is 14.7. The van der Waals surface area contributed by atoms with Crippen molar-refractivity contribution in [1.29, 1.82) is 0 Å². The highest BCUT2D eigenvalue weighted by Crippen LogP contribution is 2.27. The zero-order valence-corrected chi connectivity index (χ0v) is 25.3. The molecule has 0 aromatic carbocycles. The first-order valence-electron chi connectivity index (χ1n) is 17.0. The number of hydrogen-bond donors (Lipinski definition) is 1. The van der Waals surface area contributed by atoms with Gasteiger partial charge in [0.05, 0.1) is 0 Å². The smallest absolute Gasteiger partial charge is 0.0154 e. The summed E-state index contributed by atoms with van der Waals surface area (Å²) in [6, 6.07) is 0. The van der Waals surface area contributed by atoms with Gasteiger partial charge in [-0.1, -0.05) is 194 Å². The average Bonchev–Trinajstić information content (AvgIpc) is 2.86. The van der Waals surface area contributed by atoms with E-state index < -0.39 is 0 Å². The van der Waals surface area contributed by atoms with Crippen LogP contribution in [0.3, 0.4) is 0 Å². The van der Waals surface area contributed by atoms with Crippen molar-refractivity contribution in [2.24, 2.45) is 5.73 Å². The van der Waals surface area contributed by atoms with Gasteiger partial charge in [-0.15, -0.1) is 0 Å². The summed E-state index contributed by atoms with van der Waals surface area (Å²) in [5, 5.41) is 0. The van der Waals surface area contributed by atoms with Crippen LogP contribution in [0.2, 0.25) is 0 Å². The summed E-state index contributed by atoms with van der Waals surface area (Å²) in [6.07, 6.45) is 42.1. The predicted octanol–water partition coefficient (Wildman–Crippen LogP) is 12.4. The van der Waals surface area contributed by atoms with Gasteiger partial charge in [-0.25, -0.2) is 0 Å². The molecule has 2 N–H and O–H groups in total. The number of hydrogen-bond acceptors (Lipinski definition) is 1. The normalized spacial score (nSPS) is 12.0. The van der Waals surface area contributed by atoms with E-state index in [0.29, 0.717) is 0 Å². The standard InChI is InChI=1S/C34H71N/c1-4-7-10-13-16-18-20-23-26-29-32-34(35,31-28-25-22-15-12-9-6-3)33-30-27-24-21-19-17-14-11-8-5-2/h4-33,35H2,1-3H3. The van der Waals surface area contributed by atoms with Crippen LogP contribution in [0.1, 0.15) is 213 Å². The minimum absolute atomic E-state index is 0.129. The molecule has 0 radical (unpaired) electrons. The van der Waals surface area contributed by atoms with Gasteiger partial charge in [-0.05, 0) is 19.3 Å². The van der Waals surface area contributed by atoms with E-state index >= 15 is 0 Å². The Morgan fingerprint density at radius 2 is 0.457 bits per heavy atom. The van der Waals surface area contributed by atoms with E-state index in [0.717, 1.165) is 0 Å². The van der Waals surface area contributed by atoms with Crippen molar-refractivity contribution >= 4 is 0 Å². The van der Waals surface area contributed by atoms with Gasteiger partial charge in [0.25, 0.3) is 0 Å². The van der Waals surface area contributed by atoms with Crippen molar-refractivity contribution in [2.75, 3.05) is 0 Å². The molecule has 0 aliphatic carbocycles. The minimum atomic E-state index is 0.129. The Kier molecular flexibility index (Phi) is 28.5. The molecule has 0 rings (SSSR count). The molecule has 1 heteroatoms. The summed E-state index contributed by atoms with van der Waals surface area (Å²) in [5.74, 6) is 0. The molecular formula is C34H71N. The summed E-state index contributed by atoms with van der Waals surface area (Å²) in [7, 11) is 0. The molecule has 0 amide bonds. The lowest BCUT2D eigenvalue weighted by molar-refractivity contribution is 0.302. The molecular weight excluding hydrogens is 422 g/mol. The Hall–Kier alpha value is -0.0400. The Morgan fingerprint density at radius 1 is 0.286 bits per heavy atom. The Labute approximate surface area is 224 Å². The quantitative estimate of drug-likeness (QED) is 0.0989. The SMILES string of the molecule is CCCCCCCCCCCCC(N)(CCCCCCCCC)CCCCCCCCCCCC. The van der Waals surface area contributed by atoms with Gasteiger partial charge in [0.1, 0.15) is 0 Å². The monoisotopic (exact) mass is 494 g/mol. The van der Waals surface area contributed by atoms with E-state index in [1.807, 2.05) is 0 Å². The first-order valence-corrected chi connectivity index (χ1v) is 17.0. The van der Waals surface area contributed by atoms with Crippen molar-refractivity contribution in [3.05, 3.63) is 0 Å². The predicted molar refractivity (Wildman–Crippen MR) is 162 cm³/mol. The zero-order valence-electron chi connectivity index (χ0n) is 25.3. The lowest BCUT2D eigenvalue weighted by atomic mass is 9.82. The van der Waals surface area contributed by atoms with Gasteiger partial charge < -0.3 is 5.73 Å². The highest BCUT2D eigenvalue weighted by molar-refractivity contribution is 4.84. The molecule has 0 unspecified atom stereocenters. The molecule has 0 spiro atoms. The topological polar surface area (TPSA) is 26.0 Å². The van der Waals surface area contributed by atoms with E-state index in [-0.39, 0.29) is 5.54 Å². The van der Waals surface area contributed by atoms with Crippen LogP contribution >= 0.6 is 0 Å². The molecule has 0 atom stereocenters. The summed E-state index contributed by atoms with van der Waals surface area (Å²) in [5.41, 5.74) is 7.21. The van der Waals surface area contributed by atoms with Crippen molar-refractivity contribution < 1.29 is 0 Å². The van der Waals surface area contributed by atoms with Gasteiger partial charge in [0, 0.05) is 5.54 Å². The van der Waals surface area contributed by atoms with Crippen LogP contribution in [0.4, 0.5) is 0 Å². The fraction of sp³-hybridized carbons (Fsp3) is 1.00. The van der Waals surface area contributed by atoms with Crippen LogP contribution < -0.4 is 5.73 Å². The first-order chi connectivity index (χ1) is 17.2. The maximum atomic E-state index is 7.08. The Morgan fingerprint density at radius 3 is 0.657 bits per heavy atom. The Bertz CT molecular complexity index is 353. The van der Waals surface area contributed by atoms with E-state index in [9.17, 15) is 0 Å². The van der Waals surface area contributed by atoms with Gasteiger partial charge >= 0.3 is 0 Å². The summed E-state index contributed by atoms with van der Waals surface area (Å²) >= 11 is 0. The molecule has 0 fully saturated rings. The molecule has 35 heavy (non-hydrogen) atoms. The molecule has 0 saturated heterocycles. The highest BCUT2D eigenvalue weighted by Gasteiger charge is 2.23. The maximum absolute atomic E-state index is 7.08. The van der Waals surface area contributed by atoms with E-state index in [1.54, 1.807) is 0 Å². The molecule has 0 heterocycles. The molecule has 0 saturated carbocycles. The van der Waals surface area contributed by atoms with E-state index in [4.69, 9.17) is 5.73 Å². The zero-order chi connectivity index (χ0) is 25.7. The lowest BCUT2D eigenvalue weighted by Gasteiger charge is -2.30.